The Labute approximate surface area is 191 Å². The Morgan fingerprint density at radius 3 is 2.32 bits per heavy atom. The van der Waals surface area contributed by atoms with Crippen molar-refractivity contribution in [3.63, 3.8) is 0 Å². The summed E-state index contributed by atoms with van der Waals surface area (Å²) in [6.07, 6.45) is 0. The summed E-state index contributed by atoms with van der Waals surface area (Å²) in [5.41, 5.74) is 4.77. The lowest BCUT2D eigenvalue weighted by atomic mass is 10.0. The molecule has 158 valence electrons. The van der Waals surface area contributed by atoms with E-state index in [0.717, 1.165) is 33.5 Å². The number of halogens is 1. The Morgan fingerprint density at radius 2 is 1.65 bits per heavy atom. The number of benzene rings is 3. The minimum Gasteiger partial charge on any atom is -0.308 e. The normalized spacial score (nSPS) is 11.3. The van der Waals surface area contributed by atoms with Crippen molar-refractivity contribution >= 4 is 44.2 Å². The van der Waals surface area contributed by atoms with Crippen LogP contribution in [0.4, 0.5) is 5.13 Å². The number of rotatable bonds is 6. The number of carbonyl (C=O) groups is 1. The van der Waals surface area contributed by atoms with Crippen LogP contribution in [0.15, 0.2) is 66.7 Å². The average Bonchev–Trinajstić information content (AvgIpc) is 3.18. The third kappa shape index (κ3) is 4.79. The molecular formula is C25H24ClN3OS. The van der Waals surface area contributed by atoms with Gasteiger partial charge < -0.3 is 4.90 Å². The number of anilines is 1. The van der Waals surface area contributed by atoms with Crippen molar-refractivity contribution in [2.45, 2.75) is 6.92 Å². The summed E-state index contributed by atoms with van der Waals surface area (Å²) < 4.78 is 0.988. The number of hydrogen-bond acceptors (Lipinski definition) is 4. The third-order valence-corrected chi connectivity index (χ3v) is 6.37. The molecule has 0 N–H and O–H groups in total. The molecule has 31 heavy (non-hydrogen) atoms. The monoisotopic (exact) mass is 449 g/mol. The fraction of sp³-hybridized carbons (Fsp3) is 0.200. The number of aromatic nitrogens is 1. The van der Waals surface area contributed by atoms with Crippen LogP contribution in [-0.4, -0.2) is 43.0 Å². The zero-order valence-electron chi connectivity index (χ0n) is 17.8. The molecule has 6 heteroatoms. The van der Waals surface area contributed by atoms with Crippen molar-refractivity contribution < 1.29 is 4.79 Å². The first-order valence-corrected chi connectivity index (χ1v) is 11.3. The summed E-state index contributed by atoms with van der Waals surface area (Å²) in [5.74, 6) is -0.0516. The molecule has 0 fully saturated rings. The summed E-state index contributed by atoms with van der Waals surface area (Å²) in [7, 11) is 4.00. The Morgan fingerprint density at radius 1 is 0.968 bits per heavy atom. The third-order valence-electron chi connectivity index (χ3n) is 5.12. The summed E-state index contributed by atoms with van der Waals surface area (Å²) in [6.45, 7) is 3.29. The van der Waals surface area contributed by atoms with E-state index >= 15 is 0 Å². The van der Waals surface area contributed by atoms with Crippen LogP contribution in [0.5, 0.6) is 0 Å². The molecule has 0 bridgehead atoms. The first-order chi connectivity index (χ1) is 14.9. The van der Waals surface area contributed by atoms with Crippen molar-refractivity contribution in [2.24, 2.45) is 0 Å². The maximum absolute atomic E-state index is 13.5. The molecule has 4 rings (SSSR count). The Hall–Kier alpha value is -2.73. The summed E-state index contributed by atoms with van der Waals surface area (Å²) >= 11 is 7.73. The molecular weight excluding hydrogens is 426 g/mol. The van der Waals surface area contributed by atoms with E-state index in [1.54, 1.807) is 4.90 Å². The maximum atomic E-state index is 13.5. The number of aryl methyl sites for hydroxylation is 1. The summed E-state index contributed by atoms with van der Waals surface area (Å²) in [4.78, 5) is 22.1. The van der Waals surface area contributed by atoms with Gasteiger partial charge in [0.05, 0.1) is 10.2 Å². The molecule has 3 aromatic carbocycles. The van der Waals surface area contributed by atoms with E-state index in [1.165, 1.54) is 11.3 Å². The highest BCUT2D eigenvalue weighted by Gasteiger charge is 2.22. The van der Waals surface area contributed by atoms with Gasteiger partial charge in [0.1, 0.15) is 0 Å². The van der Waals surface area contributed by atoms with E-state index in [9.17, 15) is 4.79 Å². The molecule has 1 aromatic heterocycles. The smallest absolute Gasteiger partial charge is 0.260 e. The van der Waals surface area contributed by atoms with Gasteiger partial charge in [0.15, 0.2) is 5.13 Å². The second-order valence-corrected chi connectivity index (χ2v) is 9.21. The van der Waals surface area contributed by atoms with Crippen LogP contribution in [0.1, 0.15) is 15.9 Å². The van der Waals surface area contributed by atoms with Gasteiger partial charge in [-0.05, 0) is 62.0 Å². The van der Waals surface area contributed by atoms with Gasteiger partial charge in [-0.15, -0.1) is 0 Å². The molecule has 0 unspecified atom stereocenters. The van der Waals surface area contributed by atoms with Gasteiger partial charge in [-0.25, -0.2) is 4.98 Å². The molecule has 0 saturated heterocycles. The van der Waals surface area contributed by atoms with E-state index in [1.807, 2.05) is 75.6 Å². The first kappa shape index (κ1) is 21.5. The van der Waals surface area contributed by atoms with Crippen LogP contribution >= 0.6 is 22.9 Å². The van der Waals surface area contributed by atoms with Crippen molar-refractivity contribution in [3.05, 3.63) is 82.9 Å². The minimum absolute atomic E-state index is 0.0516. The number of likely N-dealkylation sites (N-methyl/N-ethyl adjacent to an activating group) is 1. The standard InChI is InChI=1S/C25H24ClN3OS/c1-17-15-21(26)16-22-23(17)27-25(31-22)29(14-13-28(2)3)24(30)20-11-9-19(10-12-20)18-7-5-4-6-8-18/h4-12,15-16H,13-14H2,1-3H3. The van der Waals surface area contributed by atoms with E-state index in [2.05, 4.69) is 17.0 Å². The lowest BCUT2D eigenvalue weighted by molar-refractivity contribution is 0.0985. The van der Waals surface area contributed by atoms with E-state index in [0.29, 0.717) is 22.3 Å². The molecule has 0 aliphatic rings. The summed E-state index contributed by atoms with van der Waals surface area (Å²) in [5, 5.41) is 1.38. The largest absolute Gasteiger partial charge is 0.308 e. The lowest BCUT2D eigenvalue weighted by Crippen LogP contribution is -2.36. The number of nitrogens with zero attached hydrogens (tertiary/aromatic N) is 3. The summed E-state index contributed by atoms with van der Waals surface area (Å²) in [6, 6.07) is 21.7. The van der Waals surface area contributed by atoms with Gasteiger partial charge in [0.25, 0.3) is 5.91 Å². The number of hydrogen-bond donors (Lipinski definition) is 0. The van der Waals surface area contributed by atoms with Crippen LogP contribution < -0.4 is 4.90 Å². The van der Waals surface area contributed by atoms with Gasteiger partial charge in [-0.2, -0.15) is 0 Å². The molecule has 4 aromatic rings. The van der Waals surface area contributed by atoms with Crippen molar-refractivity contribution in [2.75, 3.05) is 32.1 Å². The Kier molecular flexibility index (Phi) is 6.37. The molecule has 0 saturated carbocycles. The van der Waals surface area contributed by atoms with Crippen LogP contribution in [0, 0.1) is 6.92 Å². The SMILES string of the molecule is Cc1cc(Cl)cc2sc(N(CCN(C)C)C(=O)c3ccc(-c4ccccc4)cc3)nc12. The predicted molar refractivity (Wildman–Crippen MR) is 131 cm³/mol. The first-order valence-electron chi connectivity index (χ1n) is 10.1. The van der Waals surface area contributed by atoms with Crippen LogP contribution in [0.3, 0.4) is 0 Å². The molecule has 0 radical (unpaired) electrons. The average molecular weight is 450 g/mol. The van der Waals surface area contributed by atoms with Crippen LogP contribution in [0.2, 0.25) is 5.02 Å². The fourth-order valence-electron chi connectivity index (χ4n) is 3.43. The highest BCUT2D eigenvalue weighted by molar-refractivity contribution is 7.22. The molecule has 4 nitrogen and oxygen atoms in total. The quantitative estimate of drug-likeness (QED) is 0.355. The Bertz CT molecular complexity index is 1200. The van der Waals surface area contributed by atoms with Gasteiger partial charge in [0, 0.05) is 23.7 Å². The van der Waals surface area contributed by atoms with E-state index < -0.39 is 0 Å². The Balaban J connectivity index is 1.67. The minimum atomic E-state index is -0.0516. The van der Waals surface area contributed by atoms with Crippen molar-refractivity contribution in [1.82, 2.24) is 9.88 Å². The highest BCUT2D eigenvalue weighted by Crippen LogP contribution is 2.33. The number of carbonyl (C=O) groups excluding carboxylic acids is 1. The van der Waals surface area contributed by atoms with Crippen molar-refractivity contribution in [1.29, 1.82) is 0 Å². The zero-order chi connectivity index (χ0) is 22.0. The predicted octanol–water partition coefficient (Wildman–Crippen LogP) is 6.13. The van der Waals surface area contributed by atoms with Crippen LogP contribution in [0.25, 0.3) is 21.3 Å². The van der Waals surface area contributed by atoms with Crippen LogP contribution in [-0.2, 0) is 0 Å². The number of amides is 1. The van der Waals surface area contributed by atoms with Crippen molar-refractivity contribution in [3.8, 4) is 11.1 Å². The molecule has 1 amide bonds. The molecule has 1 heterocycles. The second-order valence-electron chi connectivity index (χ2n) is 7.77. The maximum Gasteiger partial charge on any atom is 0.260 e. The van der Waals surface area contributed by atoms with Gasteiger partial charge in [0.2, 0.25) is 0 Å². The van der Waals surface area contributed by atoms with Gasteiger partial charge >= 0.3 is 0 Å². The van der Waals surface area contributed by atoms with Gasteiger partial charge in [-0.3, -0.25) is 9.69 Å². The van der Waals surface area contributed by atoms with Gasteiger partial charge in [-0.1, -0.05) is 65.4 Å². The van der Waals surface area contributed by atoms with E-state index in [-0.39, 0.29) is 5.91 Å². The zero-order valence-corrected chi connectivity index (χ0v) is 19.4. The lowest BCUT2D eigenvalue weighted by Gasteiger charge is -2.22. The molecule has 0 atom stereocenters. The molecule has 0 aliphatic heterocycles. The fourth-order valence-corrected chi connectivity index (χ4v) is 4.88. The van der Waals surface area contributed by atoms with E-state index in [4.69, 9.17) is 16.6 Å². The number of thiazole rings is 1. The highest BCUT2D eigenvalue weighted by atomic mass is 35.5. The second kappa shape index (κ2) is 9.18. The molecule has 0 spiro atoms. The topological polar surface area (TPSA) is 36.4 Å². The number of fused-ring (bicyclic) bond motifs is 1. The molecule has 0 aliphatic carbocycles.